The number of H-pyrrole nitrogens is 1. The lowest BCUT2D eigenvalue weighted by molar-refractivity contribution is -0.108. The summed E-state index contributed by atoms with van der Waals surface area (Å²) in [6.07, 6.45) is 1.43. The first-order valence-electron chi connectivity index (χ1n) is 4.15. The number of fused-ring (bicyclic) bond motifs is 1. The molecule has 2 rings (SSSR count). The van der Waals surface area contributed by atoms with Crippen LogP contribution in [0.4, 0.5) is 0 Å². The summed E-state index contributed by atoms with van der Waals surface area (Å²) in [5.41, 5.74) is 1.49. The molecule has 0 unspecified atom stereocenters. The van der Waals surface area contributed by atoms with E-state index in [1.54, 1.807) is 0 Å². The van der Waals surface area contributed by atoms with Crippen molar-refractivity contribution in [2.75, 3.05) is 6.61 Å². The quantitative estimate of drug-likeness (QED) is 0.624. The number of aromatic amines is 1. The molecule has 0 radical (unpaired) electrons. The molecular weight excluding hydrogens is 172 g/mol. The second-order valence-corrected chi connectivity index (χ2v) is 2.94. The maximum absolute atomic E-state index is 11.3. The van der Waals surface area contributed by atoms with Crippen molar-refractivity contribution in [3.05, 3.63) is 21.9 Å². The molecule has 1 aromatic heterocycles. The highest BCUT2D eigenvalue weighted by molar-refractivity contribution is 5.49. The van der Waals surface area contributed by atoms with Gasteiger partial charge in [-0.05, 0) is 0 Å². The van der Waals surface area contributed by atoms with E-state index in [9.17, 15) is 9.59 Å². The zero-order valence-electron chi connectivity index (χ0n) is 7.08. The first-order chi connectivity index (χ1) is 6.33. The summed E-state index contributed by atoms with van der Waals surface area (Å²) in [4.78, 5) is 24.3. The summed E-state index contributed by atoms with van der Waals surface area (Å²) in [5.74, 6) is 0. The molecule has 0 aromatic carbocycles. The van der Waals surface area contributed by atoms with E-state index in [4.69, 9.17) is 4.74 Å². The molecule has 13 heavy (non-hydrogen) atoms. The Hall–Kier alpha value is -1.36. The Bertz CT molecular complexity index is 377. The maximum Gasteiger partial charge on any atom is 0.326 e. The van der Waals surface area contributed by atoms with Gasteiger partial charge in [-0.1, -0.05) is 0 Å². The van der Waals surface area contributed by atoms with Gasteiger partial charge < -0.3 is 14.5 Å². The third-order valence-corrected chi connectivity index (χ3v) is 2.17. The number of hydrogen-bond acceptors (Lipinski definition) is 3. The predicted octanol–water partition coefficient (Wildman–Crippen LogP) is -0.552. The fourth-order valence-electron chi connectivity index (χ4n) is 1.54. The molecule has 0 saturated carbocycles. The normalized spacial score (nSPS) is 15.4. The molecule has 0 fully saturated rings. The van der Waals surface area contributed by atoms with Crippen LogP contribution in [0.3, 0.4) is 0 Å². The summed E-state index contributed by atoms with van der Waals surface area (Å²) in [5, 5.41) is 0. The van der Waals surface area contributed by atoms with Crippen LogP contribution in [0.2, 0.25) is 0 Å². The highest BCUT2D eigenvalue weighted by Gasteiger charge is 2.16. The van der Waals surface area contributed by atoms with Gasteiger partial charge in [-0.2, -0.15) is 0 Å². The van der Waals surface area contributed by atoms with Crippen LogP contribution in [0.25, 0.3) is 0 Å². The van der Waals surface area contributed by atoms with Crippen LogP contribution in [0, 0.1) is 0 Å². The second kappa shape index (κ2) is 3.18. The van der Waals surface area contributed by atoms with Crippen molar-refractivity contribution in [2.45, 2.75) is 19.6 Å². The van der Waals surface area contributed by atoms with Crippen molar-refractivity contribution in [1.29, 1.82) is 0 Å². The number of hydrogen-bond donors (Lipinski definition) is 1. The summed E-state index contributed by atoms with van der Waals surface area (Å²) >= 11 is 0. The standard InChI is InChI=1S/C8H10N2O3/c11-3-2-10-7-5-13-4-1-6(7)9-8(10)12/h3H,1-2,4-5H2,(H,9,12). The minimum absolute atomic E-state index is 0.105. The number of carbonyl (C=O) groups is 1. The maximum atomic E-state index is 11.3. The van der Waals surface area contributed by atoms with Gasteiger partial charge >= 0.3 is 5.69 Å². The van der Waals surface area contributed by atoms with Crippen molar-refractivity contribution in [3.63, 3.8) is 0 Å². The Kier molecular flexibility index (Phi) is 2.02. The molecule has 0 bridgehead atoms. The van der Waals surface area contributed by atoms with E-state index in [0.717, 1.165) is 17.8 Å². The molecule has 1 aliphatic heterocycles. The number of rotatable bonds is 2. The highest BCUT2D eigenvalue weighted by Crippen LogP contribution is 2.12. The van der Waals surface area contributed by atoms with Gasteiger partial charge in [-0.3, -0.25) is 4.57 Å². The Morgan fingerprint density at radius 1 is 1.62 bits per heavy atom. The molecule has 2 heterocycles. The van der Waals surface area contributed by atoms with Crippen LogP contribution in [0.15, 0.2) is 4.79 Å². The van der Waals surface area contributed by atoms with Crippen molar-refractivity contribution in [1.82, 2.24) is 9.55 Å². The zero-order chi connectivity index (χ0) is 9.26. The van der Waals surface area contributed by atoms with Crippen LogP contribution >= 0.6 is 0 Å². The molecule has 0 amide bonds. The molecule has 5 heteroatoms. The summed E-state index contributed by atoms with van der Waals surface area (Å²) in [6, 6.07) is 0. The van der Waals surface area contributed by atoms with Gasteiger partial charge in [0.15, 0.2) is 0 Å². The van der Waals surface area contributed by atoms with Crippen LogP contribution in [-0.2, 0) is 29.1 Å². The van der Waals surface area contributed by atoms with Crippen LogP contribution < -0.4 is 5.69 Å². The highest BCUT2D eigenvalue weighted by atomic mass is 16.5. The SMILES string of the molecule is O=CCn1c2c([nH]c1=O)CCOC2. The number of carbonyl (C=O) groups excluding carboxylic acids is 1. The second-order valence-electron chi connectivity index (χ2n) is 2.94. The molecule has 0 aliphatic carbocycles. The topological polar surface area (TPSA) is 64.1 Å². The Morgan fingerprint density at radius 3 is 3.23 bits per heavy atom. The van der Waals surface area contributed by atoms with E-state index >= 15 is 0 Å². The van der Waals surface area contributed by atoms with Crippen molar-refractivity contribution in [2.24, 2.45) is 0 Å². The largest absolute Gasteiger partial charge is 0.375 e. The van der Waals surface area contributed by atoms with Crippen LogP contribution in [0.5, 0.6) is 0 Å². The number of nitrogens with one attached hydrogen (secondary N) is 1. The first kappa shape index (κ1) is 8.25. The average molecular weight is 182 g/mol. The lowest BCUT2D eigenvalue weighted by Gasteiger charge is -2.12. The lowest BCUT2D eigenvalue weighted by atomic mass is 10.2. The molecule has 0 spiro atoms. The molecule has 0 atom stereocenters. The van der Waals surface area contributed by atoms with Gasteiger partial charge in [0.1, 0.15) is 6.29 Å². The molecule has 1 aromatic rings. The van der Waals surface area contributed by atoms with Crippen LogP contribution in [-0.4, -0.2) is 22.4 Å². The van der Waals surface area contributed by atoms with Gasteiger partial charge in [-0.25, -0.2) is 4.79 Å². The smallest absolute Gasteiger partial charge is 0.326 e. The van der Waals surface area contributed by atoms with Gasteiger partial charge in [-0.15, -0.1) is 0 Å². The van der Waals surface area contributed by atoms with E-state index in [2.05, 4.69) is 4.98 Å². The van der Waals surface area contributed by atoms with E-state index in [0.29, 0.717) is 19.5 Å². The van der Waals surface area contributed by atoms with Crippen molar-refractivity contribution < 1.29 is 9.53 Å². The fourth-order valence-corrected chi connectivity index (χ4v) is 1.54. The summed E-state index contributed by atoms with van der Waals surface area (Å²) in [7, 11) is 0. The average Bonchev–Trinajstić information content (AvgIpc) is 2.44. The molecule has 0 saturated heterocycles. The monoisotopic (exact) mass is 182 g/mol. The van der Waals surface area contributed by atoms with Gasteiger partial charge in [0.05, 0.1) is 25.5 Å². The Morgan fingerprint density at radius 2 is 2.46 bits per heavy atom. The summed E-state index contributed by atoms with van der Waals surface area (Å²) < 4.78 is 6.62. The first-order valence-corrected chi connectivity index (χ1v) is 4.15. The van der Waals surface area contributed by atoms with Gasteiger partial charge in [0.25, 0.3) is 0 Å². The number of aromatic nitrogens is 2. The zero-order valence-corrected chi connectivity index (χ0v) is 7.08. The summed E-state index contributed by atoms with van der Waals surface area (Å²) in [6.45, 7) is 1.16. The Balaban J connectivity index is 2.48. The number of imidazole rings is 1. The number of aldehydes is 1. The molecular formula is C8H10N2O3. The van der Waals surface area contributed by atoms with Gasteiger partial charge in [0, 0.05) is 12.1 Å². The third-order valence-electron chi connectivity index (χ3n) is 2.17. The number of ether oxygens (including phenoxy) is 1. The fraction of sp³-hybridized carbons (Fsp3) is 0.500. The number of nitrogens with zero attached hydrogens (tertiary/aromatic N) is 1. The van der Waals surface area contributed by atoms with E-state index < -0.39 is 0 Å². The minimum atomic E-state index is -0.220. The molecule has 1 N–H and O–H groups in total. The van der Waals surface area contributed by atoms with E-state index in [1.165, 1.54) is 4.57 Å². The third kappa shape index (κ3) is 1.31. The lowest BCUT2D eigenvalue weighted by Crippen LogP contribution is -2.20. The van der Waals surface area contributed by atoms with Gasteiger partial charge in [0.2, 0.25) is 0 Å². The van der Waals surface area contributed by atoms with Crippen LogP contribution in [0.1, 0.15) is 11.4 Å². The Labute approximate surface area is 74.3 Å². The van der Waals surface area contributed by atoms with Crippen molar-refractivity contribution in [3.8, 4) is 0 Å². The molecule has 1 aliphatic rings. The minimum Gasteiger partial charge on any atom is -0.375 e. The van der Waals surface area contributed by atoms with Crippen molar-refractivity contribution >= 4 is 6.29 Å². The predicted molar refractivity (Wildman–Crippen MR) is 44.5 cm³/mol. The van der Waals surface area contributed by atoms with E-state index in [1.807, 2.05) is 0 Å². The molecule has 70 valence electrons. The van der Waals surface area contributed by atoms with E-state index in [-0.39, 0.29) is 12.2 Å². The molecule has 5 nitrogen and oxygen atoms in total.